The number of carbonyl (C=O) groups excluding carboxylic acids is 3. The third-order valence-electron chi connectivity index (χ3n) is 3.74. The highest BCUT2D eigenvalue weighted by Crippen LogP contribution is 2.13. The Balaban J connectivity index is 1.90. The Kier molecular flexibility index (Phi) is 6.93. The van der Waals surface area contributed by atoms with Crippen LogP contribution in [0.5, 0.6) is 0 Å². The molecule has 3 amide bonds. The number of rotatable bonds is 7. The summed E-state index contributed by atoms with van der Waals surface area (Å²) in [5, 5.41) is 8.47. The number of carbonyl (C=O) groups is 3. The molecule has 7 nitrogen and oxygen atoms in total. The standard InChI is InChI=1S/C20H24N4O3/c1-4-21-19(26)14-8-10-16(11-9-14)23-18(25)13-22-17-7-5-6-15(12-17)20(27)24(2)3/h5-12,22H,4,13H2,1-3H3,(H,21,26)(H,23,25). The molecule has 0 fully saturated rings. The molecule has 0 unspecified atom stereocenters. The topological polar surface area (TPSA) is 90.5 Å². The minimum atomic E-state index is -0.231. The van der Waals surface area contributed by atoms with Crippen LogP contribution >= 0.6 is 0 Å². The average Bonchev–Trinajstić information content (AvgIpc) is 2.66. The van der Waals surface area contributed by atoms with Gasteiger partial charge < -0.3 is 20.9 Å². The van der Waals surface area contributed by atoms with Gasteiger partial charge in [-0.15, -0.1) is 0 Å². The molecule has 0 aliphatic heterocycles. The van der Waals surface area contributed by atoms with Crippen molar-refractivity contribution in [1.29, 1.82) is 0 Å². The molecule has 3 N–H and O–H groups in total. The number of amides is 3. The van der Waals surface area contributed by atoms with Crippen LogP contribution in [0.15, 0.2) is 48.5 Å². The quantitative estimate of drug-likeness (QED) is 0.699. The second kappa shape index (κ2) is 9.38. The first kappa shape index (κ1) is 20.0. The highest BCUT2D eigenvalue weighted by atomic mass is 16.2. The van der Waals surface area contributed by atoms with Crippen molar-refractivity contribution in [3.8, 4) is 0 Å². The molecule has 27 heavy (non-hydrogen) atoms. The molecule has 2 aromatic rings. The van der Waals surface area contributed by atoms with Gasteiger partial charge in [-0.2, -0.15) is 0 Å². The molecule has 0 aliphatic rings. The lowest BCUT2D eigenvalue weighted by molar-refractivity contribution is -0.114. The summed E-state index contributed by atoms with van der Waals surface area (Å²) in [7, 11) is 3.38. The van der Waals surface area contributed by atoms with E-state index < -0.39 is 0 Å². The molecule has 0 bridgehead atoms. The maximum absolute atomic E-state index is 12.1. The zero-order chi connectivity index (χ0) is 19.8. The predicted octanol–water partition coefficient (Wildman–Crippen LogP) is 2.19. The van der Waals surface area contributed by atoms with Gasteiger partial charge in [0.2, 0.25) is 5.91 Å². The van der Waals surface area contributed by atoms with E-state index in [1.807, 2.05) is 6.92 Å². The number of hydrogen-bond donors (Lipinski definition) is 3. The fourth-order valence-electron chi connectivity index (χ4n) is 2.38. The largest absolute Gasteiger partial charge is 0.376 e. The Morgan fingerprint density at radius 3 is 2.26 bits per heavy atom. The van der Waals surface area contributed by atoms with Crippen LogP contribution in [0.2, 0.25) is 0 Å². The maximum Gasteiger partial charge on any atom is 0.253 e. The minimum Gasteiger partial charge on any atom is -0.376 e. The summed E-state index contributed by atoms with van der Waals surface area (Å²) in [6.45, 7) is 2.47. The van der Waals surface area contributed by atoms with Gasteiger partial charge in [0, 0.05) is 43.1 Å². The first-order valence-electron chi connectivity index (χ1n) is 8.64. The lowest BCUT2D eigenvalue weighted by Crippen LogP contribution is -2.24. The Morgan fingerprint density at radius 2 is 1.63 bits per heavy atom. The molecule has 0 spiro atoms. The lowest BCUT2D eigenvalue weighted by Gasteiger charge is -2.12. The smallest absolute Gasteiger partial charge is 0.253 e. The molecule has 0 saturated carbocycles. The molecular weight excluding hydrogens is 344 g/mol. The van der Waals surface area contributed by atoms with E-state index in [4.69, 9.17) is 0 Å². The Morgan fingerprint density at radius 1 is 0.926 bits per heavy atom. The summed E-state index contributed by atoms with van der Waals surface area (Å²) >= 11 is 0. The van der Waals surface area contributed by atoms with Gasteiger partial charge in [-0.05, 0) is 49.4 Å². The van der Waals surface area contributed by atoms with Crippen LogP contribution in [0.4, 0.5) is 11.4 Å². The van der Waals surface area contributed by atoms with Crippen molar-refractivity contribution in [2.24, 2.45) is 0 Å². The molecule has 142 valence electrons. The number of benzene rings is 2. The van der Waals surface area contributed by atoms with Crippen molar-refractivity contribution < 1.29 is 14.4 Å². The number of nitrogens with zero attached hydrogens (tertiary/aromatic N) is 1. The Bertz CT molecular complexity index is 816. The molecule has 7 heteroatoms. The zero-order valence-corrected chi connectivity index (χ0v) is 15.7. The van der Waals surface area contributed by atoms with E-state index in [1.165, 1.54) is 4.90 Å². The maximum atomic E-state index is 12.1. The molecular formula is C20H24N4O3. The van der Waals surface area contributed by atoms with Crippen LogP contribution in [0.25, 0.3) is 0 Å². The molecule has 0 aromatic heterocycles. The van der Waals surface area contributed by atoms with Gasteiger partial charge in [0.05, 0.1) is 6.54 Å². The van der Waals surface area contributed by atoms with Gasteiger partial charge >= 0.3 is 0 Å². The number of nitrogens with one attached hydrogen (secondary N) is 3. The fourth-order valence-corrected chi connectivity index (χ4v) is 2.38. The van der Waals surface area contributed by atoms with E-state index >= 15 is 0 Å². The van der Waals surface area contributed by atoms with Crippen LogP contribution in [-0.4, -0.2) is 49.8 Å². The van der Waals surface area contributed by atoms with Gasteiger partial charge in [-0.1, -0.05) is 6.07 Å². The molecule has 2 rings (SSSR count). The highest BCUT2D eigenvalue weighted by Gasteiger charge is 2.09. The van der Waals surface area contributed by atoms with Crippen LogP contribution in [0.3, 0.4) is 0 Å². The highest BCUT2D eigenvalue weighted by molar-refractivity contribution is 5.97. The molecule has 0 saturated heterocycles. The van der Waals surface area contributed by atoms with Crippen molar-refractivity contribution in [2.45, 2.75) is 6.92 Å². The molecule has 2 aromatic carbocycles. The van der Waals surface area contributed by atoms with Crippen molar-refractivity contribution in [3.63, 3.8) is 0 Å². The summed E-state index contributed by atoms with van der Waals surface area (Å²) in [5.41, 5.74) is 2.37. The van der Waals surface area contributed by atoms with E-state index in [9.17, 15) is 14.4 Å². The predicted molar refractivity (Wildman–Crippen MR) is 106 cm³/mol. The summed E-state index contributed by atoms with van der Waals surface area (Å²) in [6.07, 6.45) is 0. The minimum absolute atomic E-state index is 0.0533. The Hall–Kier alpha value is -3.35. The van der Waals surface area contributed by atoms with E-state index in [1.54, 1.807) is 62.6 Å². The van der Waals surface area contributed by atoms with Gasteiger partial charge in [-0.3, -0.25) is 14.4 Å². The number of anilines is 2. The van der Waals surface area contributed by atoms with Gasteiger partial charge in [0.25, 0.3) is 11.8 Å². The normalized spacial score (nSPS) is 10.0. The summed E-state index contributed by atoms with van der Waals surface area (Å²) in [6, 6.07) is 13.7. The van der Waals surface area contributed by atoms with Crippen LogP contribution in [0.1, 0.15) is 27.6 Å². The first-order chi connectivity index (χ1) is 12.9. The van der Waals surface area contributed by atoms with Crippen molar-refractivity contribution in [1.82, 2.24) is 10.2 Å². The molecule has 0 radical (unpaired) electrons. The second-order valence-corrected chi connectivity index (χ2v) is 6.12. The molecule has 0 heterocycles. The third-order valence-corrected chi connectivity index (χ3v) is 3.74. The molecule has 0 aliphatic carbocycles. The van der Waals surface area contributed by atoms with E-state index in [2.05, 4.69) is 16.0 Å². The third kappa shape index (κ3) is 5.85. The van der Waals surface area contributed by atoms with Gasteiger partial charge in [0.1, 0.15) is 0 Å². The van der Waals surface area contributed by atoms with Crippen molar-refractivity contribution >= 4 is 29.1 Å². The first-order valence-corrected chi connectivity index (χ1v) is 8.64. The zero-order valence-electron chi connectivity index (χ0n) is 15.7. The summed E-state index contributed by atoms with van der Waals surface area (Å²) in [5.74, 6) is -0.482. The summed E-state index contributed by atoms with van der Waals surface area (Å²) < 4.78 is 0. The van der Waals surface area contributed by atoms with Crippen LogP contribution in [-0.2, 0) is 4.79 Å². The SMILES string of the molecule is CCNC(=O)c1ccc(NC(=O)CNc2cccc(C(=O)N(C)C)c2)cc1. The van der Waals surface area contributed by atoms with Crippen LogP contribution in [0, 0.1) is 0 Å². The number of hydrogen-bond acceptors (Lipinski definition) is 4. The van der Waals surface area contributed by atoms with Gasteiger partial charge in [0.15, 0.2) is 0 Å². The van der Waals surface area contributed by atoms with Gasteiger partial charge in [-0.25, -0.2) is 0 Å². The fraction of sp³-hybridized carbons (Fsp3) is 0.250. The monoisotopic (exact) mass is 368 g/mol. The average molecular weight is 368 g/mol. The summed E-state index contributed by atoms with van der Waals surface area (Å²) in [4.78, 5) is 37.3. The van der Waals surface area contributed by atoms with E-state index in [0.717, 1.165) is 0 Å². The lowest BCUT2D eigenvalue weighted by atomic mass is 10.2. The van der Waals surface area contributed by atoms with E-state index in [-0.39, 0.29) is 24.3 Å². The van der Waals surface area contributed by atoms with Crippen LogP contribution < -0.4 is 16.0 Å². The molecule has 0 atom stereocenters. The van der Waals surface area contributed by atoms with Crippen molar-refractivity contribution in [3.05, 3.63) is 59.7 Å². The van der Waals surface area contributed by atoms with E-state index in [0.29, 0.717) is 29.0 Å². The Labute approximate surface area is 158 Å². The second-order valence-electron chi connectivity index (χ2n) is 6.12. The van der Waals surface area contributed by atoms with Crippen molar-refractivity contribution in [2.75, 3.05) is 37.8 Å².